The van der Waals surface area contributed by atoms with E-state index in [1.165, 1.54) is 5.57 Å². The molecule has 1 fully saturated rings. The lowest BCUT2D eigenvalue weighted by molar-refractivity contribution is -0.0739. The summed E-state index contributed by atoms with van der Waals surface area (Å²) in [6.07, 6.45) is 7.31. The number of rotatable bonds is 1. The van der Waals surface area contributed by atoms with Gasteiger partial charge in [0.1, 0.15) is 0 Å². The molecule has 4 unspecified atom stereocenters. The second kappa shape index (κ2) is 2.74. The molecule has 0 aromatic carbocycles. The molecule has 66 valence electrons. The van der Waals surface area contributed by atoms with E-state index < -0.39 is 0 Å². The standard InChI is InChI=1S/C11H16O/c1-7-4-5-9-8(2)10(6-7)11(9)12-3/h4-6,8-11H,1-3H3. The number of fused-ring (bicyclic) bond motifs is 1. The number of ether oxygens (including phenoxy) is 1. The second-order valence-electron chi connectivity index (χ2n) is 3.98. The predicted molar refractivity (Wildman–Crippen MR) is 49.8 cm³/mol. The third-order valence-electron chi connectivity index (χ3n) is 3.28. The van der Waals surface area contributed by atoms with Crippen LogP contribution < -0.4 is 0 Å². The average Bonchev–Trinajstić information content (AvgIpc) is 2.31. The Bertz CT molecular complexity index is 239. The monoisotopic (exact) mass is 164 g/mol. The van der Waals surface area contributed by atoms with Gasteiger partial charge in [-0.25, -0.2) is 0 Å². The fourth-order valence-electron chi connectivity index (χ4n) is 2.43. The van der Waals surface area contributed by atoms with E-state index in [0.29, 0.717) is 17.9 Å². The zero-order chi connectivity index (χ0) is 8.72. The van der Waals surface area contributed by atoms with Crippen LogP contribution in [0.1, 0.15) is 13.8 Å². The number of hydrogen-bond acceptors (Lipinski definition) is 1. The van der Waals surface area contributed by atoms with Crippen molar-refractivity contribution in [2.75, 3.05) is 7.11 Å². The van der Waals surface area contributed by atoms with E-state index in [4.69, 9.17) is 4.74 Å². The molecular formula is C11H16O. The van der Waals surface area contributed by atoms with Crippen LogP contribution in [-0.2, 0) is 4.74 Å². The Morgan fingerprint density at radius 2 is 2.08 bits per heavy atom. The topological polar surface area (TPSA) is 9.23 Å². The van der Waals surface area contributed by atoms with Crippen molar-refractivity contribution in [2.45, 2.75) is 20.0 Å². The number of hydrogen-bond donors (Lipinski definition) is 0. The van der Waals surface area contributed by atoms with Gasteiger partial charge in [0, 0.05) is 18.9 Å². The van der Waals surface area contributed by atoms with Crippen molar-refractivity contribution >= 4 is 0 Å². The summed E-state index contributed by atoms with van der Waals surface area (Å²) >= 11 is 0. The van der Waals surface area contributed by atoms with Crippen molar-refractivity contribution in [2.24, 2.45) is 17.8 Å². The summed E-state index contributed by atoms with van der Waals surface area (Å²) in [4.78, 5) is 0. The Hall–Kier alpha value is -0.560. The minimum absolute atomic E-state index is 0.439. The van der Waals surface area contributed by atoms with Gasteiger partial charge in [-0.15, -0.1) is 0 Å². The summed E-state index contributed by atoms with van der Waals surface area (Å²) in [6.45, 7) is 4.47. The highest BCUT2D eigenvalue weighted by Gasteiger charge is 2.46. The predicted octanol–water partition coefficient (Wildman–Crippen LogP) is 2.40. The summed E-state index contributed by atoms with van der Waals surface area (Å²) in [5, 5.41) is 0. The first kappa shape index (κ1) is 8.06. The summed E-state index contributed by atoms with van der Waals surface area (Å²) < 4.78 is 5.46. The van der Waals surface area contributed by atoms with Crippen molar-refractivity contribution in [3.63, 3.8) is 0 Å². The van der Waals surface area contributed by atoms with Crippen molar-refractivity contribution in [1.82, 2.24) is 0 Å². The van der Waals surface area contributed by atoms with Crippen LogP contribution in [-0.4, -0.2) is 13.2 Å². The van der Waals surface area contributed by atoms with E-state index >= 15 is 0 Å². The van der Waals surface area contributed by atoms with Gasteiger partial charge in [-0.1, -0.05) is 30.7 Å². The lowest BCUT2D eigenvalue weighted by atomic mass is 9.63. The second-order valence-corrected chi connectivity index (χ2v) is 3.98. The molecule has 0 amide bonds. The molecule has 0 heterocycles. The molecular weight excluding hydrogens is 148 g/mol. The Morgan fingerprint density at radius 3 is 2.75 bits per heavy atom. The fourth-order valence-corrected chi connectivity index (χ4v) is 2.43. The Kier molecular flexibility index (Phi) is 1.84. The lowest BCUT2D eigenvalue weighted by Gasteiger charge is -2.46. The third-order valence-corrected chi connectivity index (χ3v) is 3.28. The van der Waals surface area contributed by atoms with Crippen LogP contribution in [0, 0.1) is 17.8 Å². The van der Waals surface area contributed by atoms with Crippen LogP contribution >= 0.6 is 0 Å². The van der Waals surface area contributed by atoms with Crippen LogP contribution in [0.4, 0.5) is 0 Å². The van der Waals surface area contributed by atoms with Crippen molar-refractivity contribution < 1.29 is 4.74 Å². The Morgan fingerprint density at radius 1 is 1.33 bits per heavy atom. The number of methoxy groups -OCH3 is 1. The van der Waals surface area contributed by atoms with Gasteiger partial charge >= 0.3 is 0 Å². The molecule has 1 heteroatoms. The molecule has 1 nitrogen and oxygen atoms in total. The molecule has 3 rings (SSSR count). The largest absolute Gasteiger partial charge is 0.380 e. The molecule has 4 atom stereocenters. The maximum Gasteiger partial charge on any atom is 0.0702 e. The fraction of sp³-hybridized carbons (Fsp3) is 0.636. The van der Waals surface area contributed by atoms with Gasteiger partial charge < -0.3 is 4.74 Å². The maximum absolute atomic E-state index is 5.46. The Balaban J connectivity index is 2.25. The summed E-state index contributed by atoms with van der Waals surface area (Å²) in [7, 11) is 1.82. The molecule has 0 radical (unpaired) electrons. The van der Waals surface area contributed by atoms with Gasteiger partial charge in [-0.3, -0.25) is 0 Å². The van der Waals surface area contributed by atoms with E-state index in [-0.39, 0.29) is 0 Å². The van der Waals surface area contributed by atoms with Crippen molar-refractivity contribution in [3.05, 3.63) is 23.8 Å². The van der Waals surface area contributed by atoms with Gasteiger partial charge in [-0.2, -0.15) is 0 Å². The van der Waals surface area contributed by atoms with E-state index in [9.17, 15) is 0 Å². The first-order valence-corrected chi connectivity index (χ1v) is 4.63. The van der Waals surface area contributed by atoms with Gasteiger partial charge in [0.05, 0.1) is 6.10 Å². The van der Waals surface area contributed by atoms with E-state index in [0.717, 1.165) is 5.92 Å². The Labute approximate surface area is 74.1 Å². The zero-order valence-corrected chi connectivity index (χ0v) is 7.95. The first-order chi connectivity index (χ1) is 5.74. The third kappa shape index (κ3) is 0.962. The van der Waals surface area contributed by atoms with E-state index in [1.54, 1.807) is 0 Å². The van der Waals surface area contributed by atoms with Crippen molar-refractivity contribution in [1.29, 1.82) is 0 Å². The molecule has 12 heavy (non-hydrogen) atoms. The summed E-state index contributed by atoms with van der Waals surface area (Å²) in [5.41, 5.74) is 1.38. The quantitative estimate of drug-likeness (QED) is 0.578. The molecule has 2 bridgehead atoms. The van der Waals surface area contributed by atoms with E-state index in [1.807, 2.05) is 7.11 Å². The molecule has 0 aliphatic heterocycles. The minimum atomic E-state index is 0.439. The zero-order valence-electron chi connectivity index (χ0n) is 7.95. The smallest absolute Gasteiger partial charge is 0.0702 e. The highest BCUT2D eigenvalue weighted by molar-refractivity contribution is 5.28. The molecule has 3 aliphatic carbocycles. The molecule has 0 aromatic rings. The van der Waals surface area contributed by atoms with Crippen molar-refractivity contribution in [3.8, 4) is 0 Å². The van der Waals surface area contributed by atoms with Gasteiger partial charge in [0.15, 0.2) is 0 Å². The first-order valence-electron chi connectivity index (χ1n) is 4.63. The highest BCUT2D eigenvalue weighted by atomic mass is 16.5. The van der Waals surface area contributed by atoms with Crippen LogP contribution in [0.25, 0.3) is 0 Å². The van der Waals surface area contributed by atoms with E-state index in [2.05, 4.69) is 32.1 Å². The summed E-state index contributed by atoms with van der Waals surface area (Å²) in [5.74, 6) is 2.06. The molecule has 0 aromatic heterocycles. The van der Waals surface area contributed by atoms with Crippen LogP contribution in [0.5, 0.6) is 0 Å². The lowest BCUT2D eigenvalue weighted by Crippen LogP contribution is -2.48. The van der Waals surface area contributed by atoms with Crippen LogP contribution in [0.2, 0.25) is 0 Å². The molecule has 3 aliphatic rings. The molecule has 0 N–H and O–H groups in total. The number of allylic oxidation sites excluding steroid dienone is 2. The molecule has 1 saturated carbocycles. The molecule has 0 spiro atoms. The SMILES string of the molecule is COC1C2C=CC(C)=CC1C2C. The van der Waals surface area contributed by atoms with Gasteiger partial charge in [-0.05, 0) is 12.8 Å². The average molecular weight is 164 g/mol. The minimum Gasteiger partial charge on any atom is -0.380 e. The molecule has 0 saturated heterocycles. The normalized spacial score (nSPS) is 44.8. The van der Waals surface area contributed by atoms with Gasteiger partial charge in [0.25, 0.3) is 0 Å². The van der Waals surface area contributed by atoms with Crippen LogP contribution in [0.3, 0.4) is 0 Å². The maximum atomic E-state index is 5.46. The van der Waals surface area contributed by atoms with Crippen LogP contribution in [0.15, 0.2) is 23.8 Å². The summed E-state index contributed by atoms with van der Waals surface area (Å²) in [6, 6.07) is 0. The highest BCUT2D eigenvalue weighted by Crippen LogP contribution is 2.46. The van der Waals surface area contributed by atoms with Gasteiger partial charge in [0.2, 0.25) is 0 Å².